The number of nitrogens with zero attached hydrogens (tertiary/aromatic N) is 2. The Hall–Kier alpha value is -2.80. The van der Waals surface area contributed by atoms with Crippen LogP contribution >= 0.6 is 11.6 Å². The number of halogens is 2. The van der Waals surface area contributed by atoms with Gasteiger partial charge in [-0.2, -0.15) is 5.10 Å². The molecule has 118 valence electrons. The number of hydrogen-bond donors (Lipinski definition) is 1. The van der Waals surface area contributed by atoms with Crippen molar-refractivity contribution in [3.63, 3.8) is 0 Å². The van der Waals surface area contributed by atoms with Gasteiger partial charge in [-0.3, -0.25) is 14.9 Å². The molecule has 2 aromatic carbocycles. The Morgan fingerprint density at radius 1 is 1.35 bits per heavy atom. The smallest absolute Gasteiger partial charge is 0.270 e. The van der Waals surface area contributed by atoms with Gasteiger partial charge in [-0.25, -0.2) is 9.82 Å². The van der Waals surface area contributed by atoms with E-state index in [2.05, 4.69) is 10.5 Å². The second kappa shape index (κ2) is 7.46. The highest BCUT2D eigenvalue weighted by Crippen LogP contribution is 2.20. The summed E-state index contributed by atoms with van der Waals surface area (Å²) < 4.78 is 13.4. The van der Waals surface area contributed by atoms with Gasteiger partial charge in [0.25, 0.3) is 5.69 Å². The van der Waals surface area contributed by atoms with Crippen LogP contribution in [0.5, 0.6) is 0 Å². The highest BCUT2D eigenvalue weighted by molar-refractivity contribution is 6.33. The monoisotopic (exact) mass is 335 g/mol. The zero-order chi connectivity index (χ0) is 16.8. The van der Waals surface area contributed by atoms with Crippen molar-refractivity contribution in [1.29, 1.82) is 0 Å². The van der Waals surface area contributed by atoms with Gasteiger partial charge >= 0.3 is 0 Å². The fourth-order valence-corrected chi connectivity index (χ4v) is 1.94. The van der Waals surface area contributed by atoms with Gasteiger partial charge < -0.3 is 0 Å². The Kier molecular flexibility index (Phi) is 5.37. The molecule has 1 amide bonds. The summed E-state index contributed by atoms with van der Waals surface area (Å²) >= 11 is 5.89. The predicted octanol–water partition coefficient (Wildman–Crippen LogP) is 3.08. The van der Waals surface area contributed by atoms with Crippen LogP contribution in [0.15, 0.2) is 47.6 Å². The number of rotatable bonds is 5. The van der Waals surface area contributed by atoms with E-state index in [0.717, 1.165) is 0 Å². The zero-order valence-electron chi connectivity index (χ0n) is 11.7. The van der Waals surface area contributed by atoms with Gasteiger partial charge in [-0.1, -0.05) is 29.8 Å². The summed E-state index contributed by atoms with van der Waals surface area (Å²) in [6.07, 6.45) is 1.02. The molecule has 0 atom stereocenters. The van der Waals surface area contributed by atoms with Crippen molar-refractivity contribution in [2.24, 2.45) is 5.10 Å². The molecule has 0 unspecified atom stereocenters. The van der Waals surface area contributed by atoms with Crippen molar-refractivity contribution < 1.29 is 14.1 Å². The van der Waals surface area contributed by atoms with Gasteiger partial charge in [-0.15, -0.1) is 0 Å². The summed E-state index contributed by atoms with van der Waals surface area (Å²) in [6.45, 7) is 0. The number of amides is 1. The summed E-state index contributed by atoms with van der Waals surface area (Å²) in [5.74, 6) is -0.999. The summed E-state index contributed by atoms with van der Waals surface area (Å²) in [7, 11) is 0. The third-order valence-electron chi connectivity index (χ3n) is 2.89. The summed E-state index contributed by atoms with van der Waals surface area (Å²) in [4.78, 5) is 21.8. The minimum atomic E-state index is -0.565. The minimum Gasteiger partial charge on any atom is -0.273 e. The molecule has 0 heterocycles. The van der Waals surface area contributed by atoms with E-state index >= 15 is 0 Å². The standard InChI is InChI=1S/C15H11ClFN3O3/c16-13-6-5-12(20(22)23)7-11(13)9-18-19-15(21)8-10-3-1-2-4-14(10)17/h1-7,9H,8H2,(H,19,21)/b18-9+. The van der Waals surface area contributed by atoms with Gasteiger partial charge in [-0.05, 0) is 17.7 Å². The second-order valence-corrected chi connectivity index (χ2v) is 4.93. The molecule has 0 bridgehead atoms. The van der Waals surface area contributed by atoms with E-state index in [0.29, 0.717) is 0 Å². The third kappa shape index (κ3) is 4.58. The predicted molar refractivity (Wildman–Crippen MR) is 83.9 cm³/mol. The Labute approximate surface area is 135 Å². The van der Waals surface area contributed by atoms with E-state index in [4.69, 9.17) is 11.6 Å². The van der Waals surface area contributed by atoms with Crippen LogP contribution in [0, 0.1) is 15.9 Å². The molecule has 0 aliphatic rings. The first kappa shape index (κ1) is 16.6. The minimum absolute atomic E-state index is 0.145. The zero-order valence-corrected chi connectivity index (χ0v) is 12.5. The first-order chi connectivity index (χ1) is 11.0. The Bertz CT molecular complexity index is 780. The van der Waals surface area contributed by atoms with Crippen molar-refractivity contribution in [3.05, 3.63) is 74.5 Å². The van der Waals surface area contributed by atoms with Gasteiger partial charge in [0.15, 0.2) is 0 Å². The highest BCUT2D eigenvalue weighted by Gasteiger charge is 2.09. The summed E-state index contributed by atoms with van der Waals surface area (Å²) in [6, 6.07) is 9.76. The average molecular weight is 336 g/mol. The van der Waals surface area contributed by atoms with Crippen molar-refractivity contribution in [3.8, 4) is 0 Å². The molecule has 0 aliphatic carbocycles. The lowest BCUT2D eigenvalue weighted by atomic mass is 10.1. The molecule has 0 aromatic heterocycles. The molecule has 0 fully saturated rings. The van der Waals surface area contributed by atoms with Gasteiger partial charge in [0, 0.05) is 22.7 Å². The number of nitrogens with one attached hydrogen (secondary N) is 1. The topological polar surface area (TPSA) is 84.6 Å². The van der Waals surface area contributed by atoms with Crippen molar-refractivity contribution in [1.82, 2.24) is 5.43 Å². The van der Waals surface area contributed by atoms with Gasteiger partial charge in [0.2, 0.25) is 5.91 Å². The van der Waals surface area contributed by atoms with E-state index in [1.54, 1.807) is 6.07 Å². The maximum absolute atomic E-state index is 13.4. The molecule has 23 heavy (non-hydrogen) atoms. The highest BCUT2D eigenvalue weighted by atomic mass is 35.5. The van der Waals surface area contributed by atoms with E-state index in [-0.39, 0.29) is 28.3 Å². The number of nitro benzene ring substituents is 1. The van der Waals surface area contributed by atoms with Crippen molar-refractivity contribution in [2.75, 3.05) is 0 Å². The number of benzene rings is 2. The normalized spacial score (nSPS) is 10.7. The van der Waals surface area contributed by atoms with Crippen LogP contribution in [-0.2, 0) is 11.2 Å². The number of carbonyl (C=O) groups excluding carboxylic acids is 1. The third-order valence-corrected chi connectivity index (χ3v) is 3.24. The van der Waals surface area contributed by atoms with Crippen LogP contribution in [0.2, 0.25) is 5.02 Å². The molecule has 0 spiro atoms. The van der Waals surface area contributed by atoms with Crippen LogP contribution in [0.3, 0.4) is 0 Å². The van der Waals surface area contributed by atoms with E-state index < -0.39 is 16.6 Å². The fraction of sp³-hybridized carbons (Fsp3) is 0.0667. The average Bonchev–Trinajstić information content (AvgIpc) is 2.51. The molecule has 1 N–H and O–H groups in total. The summed E-state index contributed by atoms with van der Waals surface area (Å²) in [5.41, 5.74) is 2.60. The van der Waals surface area contributed by atoms with Crippen molar-refractivity contribution >= 4 is 29.4 Å². The molecule has 8 heteroatoms. The van der Waals surface area contributed by atoms with E-state index in [1.807, 2.05) is 0 Å². The number of nitro groups is 1. The van der Waals surface area contributed by atoms with Crippen LogP contribution < -0.4 is 5.43 Å². The Morgan fingerprint density at radius 3 is 2.78 bits per heavy atom. The number of hydrogen-bond acceptors (Lipinski definition) is 4. The van der Waals surface area contributed by atoms with Gasteiger partial charge in [0.05, 0.1) is 17.6 Å². The van der Waals surface area contributed by atoms with Gasteiger partial charge in [0.1, 0.15) is 5.82 Å². The van der Waals surface area contributed by atoms with E-state index in [9.17, 15) is 19.3 Å². The quantitative estimate of drug-likeness (QED) is 0.517. The van der Waals surface area contributed by atoms with Crippen LogP contribution in [-0.4, -0.2) is 17.0 Å². The first-order valence-electron chi connectivity index (χ1n) is 6.46. The molecule has 0 saturated carbocycles. The molecular weight excluding hydrogens is 325 g/mol. The lowest BCUT2D eigenvalue weighted by Crippen LogP contribution is -2.20. The molecule has 2 rings (SSSR count). The Balaban J connectivity index is 2.01. The molecule has 0 radical (unpaired) electrons. The lowest BCUT2D eigenvalue weighted by Gasteiger charge is -2.02. The second-order valence-electron chi connectivity index (χ2n) is 4.52. The molecule has 0 aliphatic heterocycles. The molecular formula is C15H11ClFN3O3. The number of carbonyl (C=O) groups is 1. The largest absolute Gasteiger partial charge is 0.273 e. The van der Waals surface area contributed by atoms with Crippen LogP contribution in [0.4, 0.5) is 10.1 Å². The molecule has 6 nitrogen and oxygen atoms in total. The molecule has 0 saturated heterocycles. The first-order valence-corrected chi connectivity index (χ1v) is 6.84. The SMILES string of the molecule is O=C(Cc1ccccc1F)N/N=C/c1cc([N+](=O)[O-])ccc1Cl. The maximum Gasteiger partial charge on any atom is 0.270 e. The fourth-order valence-electron chi connectivity index (χ4n) is 1.77. The van der Waals surface area contributed by atoms with Crippen LogP contribution in [0.1, 0.15) is 11.1 Å². The lowest BCUT2D eigenvalue weighted by molar-refractivity contribution is -0.384. The Morgan fingerprint density at radius 2 is 2.09 bits per heavy atom. The summed E-state index contributed by atoms with van der Waals surface area (Å²) in [5, 5.41) is 14.6. The maximum atomic E-state index is 13.4. The van der Waals surface area contributed by atoms with Crippen molar-refractivity contribution in [2.45, 2.75) is 6.42 Å². The van der Waals surface area contributed by atoms with Crippen LogP contribution in [0.25, 0.3) is 0 Å². The van der Waals surface area contributed by atoms with E-state index in [1.165, 1.54) is 42.6 Å². The molecule has 2 aromatic rings. The number of non-ortho nitro benzene ring substituents is 1. The number of hydrazone groups is 1.